The molecule has 4 aliphatic carbocycles. The van der Waals surface area contributed by atoms with Crippen LogP contribution in [0, 0.1) is 35.5 Å². The highest BCUT2D eigenvalue weighted by molar-refractivity contribution is 5.82. The van der Waals surface area contributed by atoms with Gasteiger partial charge >= 0.3 is 11.9 Å². The number of fused-ring (bicyclic) bond motifs is 1. The summed E-state index contributed by atoms with van der Waals surface area (Å²) in [4.78, 5) is 22.4. The van der Waals surface area contributed by atoms with E-state index in [0.717, 1.165) is 0 Å². The molecule has 0 amide bonds. The van der Waals surface area contributed by atoms with Crippen molar-refractivity contribution < 1.29 is 19.8 Å². The summed E-state index contributed by atoms with van der Waals surface area (Å²) in [5.41, 5.74) is 5.89. The molecule has 0 aliphatic heterocycles. The molecule has 2 bridgehead atoms. The molecule has 1 unspecified atom stereocenters. The van der Waals surface area contributed by atoms with Crippen LogP contribution in [0.5, 0.6) is 0 Å². The van der Waals surface area contributed by atoms with Crippen LogP contribution in [0.2, 0.25) is 0 Å². The molecule has 0 aromatic rings. The van der Waals surface area contributed by atoms with E-state index < -0.39 is 23.8 Å². The van der Waals surface area contributed by atoms with Gasteiger partial charge in [0.1, 0.15) is 0 Å². The quantitative estimate of drug-likeness (QED) is 0.562. The number of allylic oxidation sites excluding steroid dienone is 2. The molecular formula is C11H13NO4. The lowest BCUT2D eigenvalue weighted by Crippen LogP contribution is -2.46. The van der Waals surface area contributed by atoms with Gasteiger partial charge in [-0.25, -0.2) is 0 Å². The lowest BCUT2D eigenvalue weighted by molar-refractivity contribution is -0.160. The molecular weight excluding hydrogens is 210 g/mol. The van der Waals surface area contributed by atoms with Crippen molar-refractivity contribution in [3.63, 3.8) is 0 Å². The summed E-state index contributed by atoms with van der Waals surface area (Å²) in [6, 6.07) is -0.0174. The number of aliphatic carboxylic acids is 2. The summed E-state index contributed by atoms with van der Waals surface area (Å²) in [7, 11) is 0. The minimum Gasteiger partial charge on any atom is -0.481 e. The molecule has 4 N–H and O–H groups in total. The lowest BCUT2D eigenvalue weighted by atomic mass is 9.62. The molecule has 4 rings (SSSR count). The molecule has 86 valence electrons. The normalized spacial score (nSPS) is 52.2. The topological polar surface area (TPSA) is 101 Å². The Labute approximate surface area is 91.9 Å². The maximum atomic E-state index is 11.2. The van der Waals surface area contributed by atoms with Crippen molar-refractivity contribution in [3.8, 4) is 0 Å². The van der Waals surface area contributed by atoms with Crippen molar-refractivity contribution in [2.24, 2.45) is 41.2 Å². The minimum atomic E-state index is -1.01. The van der Waals surface area contributed by atoms with Crippen LogP contribution in [0.25, 0.3) is 0 Å². The fourth-order valence-corrected chi connectivity index (χ4v) is 3.76. The number of carbonyl (C=O) groups is 2. The van der Waals surface area contributed by atoms with Crippen LogP contribution < -0.4 is 5.73 Å². The van der Waals surface area contributed by atoms with Gasteiger partial charge in [0.2, 0.25) is 0 Å². The lowest BCUT2D eigenvalue weighted by Gasteiger charge is -2.39. The van der Waals surface area contributed by atoms with E-state index in [0.29, 0.717) is 0 Å². The molecule has 4 aliphatic rings. The molecule has 0 radical (unpaired) electrons. The van der Waals surface area contributed by atoms with Crippen molar-refractivity contribution >= 4 is 11.9 Å². The molecule has 0 saturated heterocycles. The second-order valence-corrected chi connectivity index (χ2v) is 5.00. The molecule has 16 heavy (non-hydrogen) atoms. The van der Waals surface area contributed by atoms with Crippen molar-refractivity contribution in [2.75, 3.05) is 0 Å². The van der Waals surface area contributed by atoms with Gasteiger partial charge in [0.05, 0.1) is 11.8 Å². The van der Waals surface area contributed by atoms with Crippen LogP contribution in [-0.4, -0.2) is 28.2 Å². The summed E-state index contributed by atoms with van der Waals surface area (Å²) in [6.45, 7) is 0. The van der Waals surface area contributed by atoms with E-state index in [-0.39, 0.29) is 29.7 Å². The SMILES string of the molecule is NC1[C@@H]2[C@H]3C=C[C@H]([C@@H](C(=O)O)[C@H]3C(=O)O)[C@H]12. The number of rotatable bonds is 2. The number of nitrogens with two attached hydrogens (primary N) is 1. The number of hydrogen-bond donors (Lipinski definition) is 3. The van der Waals surface area contributed by atoms with Crippen LogP contribution in [-0.2, 0) is 9.59 Å². The summed E-state index contributed by atoms with van der Waals surface area (Å²) in [6.07, 6.45) is 3.72. The monoisotopic (exact) mass is 223 g/mol. The molecule has 5 nitrogen and oxygen atoms in total. The molecule has 0 spiro atoms. The van der Waals surface area contributed by atoms with E-state index in [1.54, 1.807) is 0 Å². The van der Waals surface area contributed by atoms with E-state index in [1.165, 1.54) is 0 Å². The zero-order valence-electron chi connectivity index (χ0n) is 8.48. The van der Waals surface area contributed by atoms with Crippen LogP contribution in [0.15, 0.2) is 12.2 Å². The Balaban J connectivity index is 2.03. The Morgan fingerprint density at radius 1 is 0.938 bits per heavy atom. The van der Waals surface area contributed by atoms with Crippen molar-refractivity contribution in [1.82, 2.24) is 0 Å². The first-order valence-corrected chi connectivity index (χ1v) is 5.43. The Bertz CT molecular complexity index is 369. The standard InChI is InChI=1S/C11H13NO4/c12-9-5-3-1-2-4(6(5)9)8(11(15)16)7(3)10(13)14/h1-9H,12H2,(H,13,14)(H,15,16)/t3-,4+,5-,6+,7+,8-,9?. The van der Waals surface area contributed by atoms with Crippen molar-refractivity contribution in [1.29, 1.82) is 0 Å². The van der Waals surface area contributed by atoms with E-state index >= 15 is 0 Å². The fraction of sp³-hybridized carbons (Fsp3) is 0.636. The molecule has 0 heterocycles. The predicted molar refractivity (Wildman–Crippen MR) is 53.3 cm³/mol. The Hall–Kier alpha value is -1.36. The second-order valence-electron chi connectivity index (χ2n) is 5.00. The molecule has 0 aromatic carbocycles. The smallest absolute Gasteiger partial charge is 0.308 e. The third-order valence-corrected chi connectivity index (χ3v) is 4.42. The number of carboxylic acids is 2. The van der Waals surface area contributed by atoms with Gasteiger partial charge in [-0.1, -0.05) is 12.2 Å². The highest BCUT2D eigenvalue weighted by Gasteiger charge is 2.67. The van der Waals surface area contributed by atoms with Gasteiger partial charge < -0.3 is 15.9 Å². The first-order valence-electron chi connectivity index (χ1n) is 5.43. The van der Waals surface area contributed by atoms with E-state index in [9.17, 15) is 9.59 Å². The Kier molecular flexibility index (Phi) is 1.75. The first-order chi connectivity index (χ1) is 7.54. The van der Waals surface area contributed by atoms with E-state index in [1.807, 2.05) is 12.2 Å². The summed E-state index contributed by atoms with van der Waals surface area (Å²) in [5.74, 6) is -3.64. The van der Waals surface area contributed by atoms with Gasteiger partial charge in [0, 0.05) is 6.04 Å². The average Bonchev–Trinajstić information content (AvgIpc) is 2.92. The molecule has 7 atom stereocenters. The molecule has 2 saturated carbocycles. The molecule has 2 fully saturated rings. The second kappa shape index (κ2) is 2.85. The van der Waals surface area contributed by atoms with Gasteiger partial charge in [-0.05, 0) is 23.7 Å². The van der Waals surface area contributed by atoms with Crippen LogP contribution in [0.3, 0.4) is 0 Å². The van der Waals surface area contributed by atoms with Crippen molar-refractivity contribution in [3.05, 3.63) is 12.2 Å². The Morgan fingerprint density at radius 2 is 1.31 bits per heavy atom. The molecule has 5 heteroatoms. The highest BCUT2D eigenvalue weighted by atomic mass is 16.4. The first kappa shape index (κ1) is 9.84. The minimum absolute atomic E-state index is 0.0174. The zero-order chi connectivity index (χ0) is 11.6. The van der Waals surface area contributed by atoms with Gasteiger partial charge in [-0.15, -0.1) is 0 Å². The summed E-state index contributed by atoms with van der Waals surface area (Å²) in [5, 5.41) is 18.3. The van der Waals surface area contributed by atoms with Gasteiger partial charge in [-0.3, -0.25) is 9.59 Å². The maximum absolute atomic E-state index is 11.2. The van der Waals surface area contributed by atoms with Gasteiger partial charge in [0.15, 0.2) is 0 Å². The van der Waals surface area contributed by atoms with E-state index in [2.05, 4.69) is 0 Å². The van der Waals surface area contributed by atoms with Gasteiger partial charge in [-0.2, -0.15) is 0 Å². The van der Waals surface area contributed by atoms with Crippen LogP contribution >= 0.6 is 0 Å². The third kappa shape index (κ3) is 0.988. The van der Waals surface area contributed by atoms with Crippen LogP contribution in [0.1, 0.15) is 0 Å². The summed E-state index contributed by atoms with van der Waals surface area (Å²) < 4.78 is 0. The number of carboxylic acid groups (broad SMARTS) is 2. The van der Waals surface area contributed by atoms with Crippen LogP contribution in [0.4, 0.5) is 0 Å². The van der Waals surface area contributed by atoms with Gasteiger partial charge in [0.25, 0.3) is 0 Å². The number of hydrogen-bond acceptors (Lipinski definition) is 3. The Morgan fingerprint density at radius 3 is 1.62 bits per heavy atom. The average molecular weight is 223 g/mol. The zero-order valence-corrected chi connectivity index (χ0v) is 8.48. The van der Waals surface area contributed by atoms with E-state index in [4.69, 9.17) is 15.9 Å². The summed E-state index contributed by atoms with van der Waals surface area (Å²) >= 11 is 0. The third-order valence-electron chi connectivity index (χ3n) is 4.42. The molecule has 0 aromatic heterocycles. The fourth-order valence-electron chi connectivity index (χ4n) is 3.76. The largest absolute Gasteiger partial charge is 0.481 e. The van der Waals surface area contributed by atoms with Crippen molar-refractivity contribution in [2.45, 2.75) is 6.04 Å². The maximum Gasteiger partial charge on any atom is 0.308 e. The highest BCUT2D eigenvalue weighted by Crippen LogP contribution is 2.62. The predicted octanol–water partition coefficient (Wildman–Crippen LogP) is -0.223.